The molecule has 3 aromatic rings. The van der Waals surface area contributed by atoms with Crippen LogP contribution in [0.5, 0.6) is 11.5 Å². The molecule has 6 heteroatoms. The van der Waals surface area contributed by atoms with Crippen molar-refractivity contribution in [2.45, 2.75) is 6.54 Å². The van der Waals surface area contributed by atoms with Crippen molar-refractivity contribution in [3.63, 3.8) is 0 Å². The Hall–Kier alpha value is -2.21. The van der Waals surface area contributed by atoms with E-state index >= 15 is 0 Å². The second kappa shape index (κ2) is 4.96. The number of ether oxygens (including phenoxy) is 2. The van der Waals surface area contributed by atoms with Crippen molar-refractivity contribution in [3.05, 3.63) is 46.4 Å². The van der Waals surface area contributed by atoms with Crippen LogP contribution in [0.2, 0.25) is 0 Å². The standard InChI is InChI=1S/C15H12BrN3O2/c16-10-2-3-11-12(6-10)19-15(18-11)17-7-9-1-4-13-14(5-9)21-8-20-13/h1-6H,7-8H2,(H2,17,18,19). The molecule has 0 saturated carbocycles. The van der Waals surface area contributed by atoms with E-state index in [0.29, 0.717) is 13.3 Å². The molecular weight excluding hydrogens is 334 g/mol. The molecule has 2 N–H and O–H groups in total. The monoisotopic (exact) mass is 345 g/mol. The predicted molar refractivity (Wildman–Crippen MR) is 83.7 cm³/mol. The first kappa shape index (κ1) is 12.5. The number of halogens is 1. The maximum atomic E-state index is 5.37. The van der Waals surface area contributed by atoms with Gasteiger partial charge in [0, 0.05) is 11.0 Å². The SMILES string of the molecule is Brc1ccc2nc(NCc3ccc4c(c3)OCO4)[nH]c2c1. The highest BCUT2D eigenvalue weighted by molar-refractivity contribution is 9.10. The van der Waals surface area contributed by atoms with Crippen LogP contribution in [0.4, 0.5) is 5.95 Å². The molecule has 0 unspecified atom stereocenters. The third-order valence-electron chi connectivity index (χ3n) is 3.34. The van der Waals surface area contributed by atoms with Crippen LogP contribution in [0, 0.1) is 0 Å². The summed E-state index contributed by atoms with van der Waals surface area (Å²) in [4.78, 5) is 7.75. The fraction of sp³-hybridized carbons (Fsp3) is 0.133. The van der Waals surface area contributed by atoms with Gasteiger partial charge in [-0.3, -0.25) is 0 Å². The molecule has 1 aliphatic heterocycles. The predicted octanol–water partition coefficient (Wildman–Crippen LogP) is 3.67. The van der Waals surface area contributed by atoms with E-state index in [1.54, 1.807) is 0 Å². The number of aromatic nitrogens is 2. The molecule has 0 bridgehead atoms. The smallest absolute Gasteiger partial charge is 0.231 e. The maximum Gasteiger partial charge on any atom is 0.231 e. The summed E-state index contributed by atoms with van der Waals surface area (Å²) < 4.78 is 11.7. The molecule has 0 aliphatic carbocycles. The van der Waals surface area contributed by atoms with E-state index in [1.165, 1.54) is 0 Å². The zero-order valence-corrected chi connectivity index (χ0v) is 12.6. The Kier molecular flexibility index (Phi) is 2.96. The quantitative estimate of drug-likeness (QED) is 0.760. The van der Waals surface area contributed by atoms with Crippen molar-refractivity contribution in [1.29, 1.82) is 0 Å². The maximum absolute atomic E-state index is 5.37. The molecule has 0 amide bonds. The van der Waals surface area contributed by atoms with Gasteiger partial charge in [0.05, 0.1) is 11.0 Å². The third kappa shape index (κ3) is 2.42. The number of benzene rings is 2. The number of anilines is 1. The average molecular weight is 346 g/mol. The lowest BCUT2D eigenvalue weighted by Crippen LogP contribution is -2.00. The van der Waals surface area contributed by atoms with Crippen molar-refractivity contribution in [2.75, 3.05) is 12.1 Å². The van der Waals surface area contributed by atoms with Gasteiger partial charge in [-0.1, -0.05) is 22.0 Å². The summed E-state index contributed by atoms with van der Waals surface area (Å²) in [6.45, 7) is 0.961. The Balaban J connectivity index is 1.52. The average Bonchev–Trinajstić information content (AvgIpc) is 3.09. The van der Waals surface area contributed by atoms with Crippen molar-refractivity contribution in [1.82, 2.24) is 9.97 Å². The van der Waals surface area contributed by atoms with Crippen LogP contribution in [0.25, 0.3) is 11.0 Å². The molecule has 4 rings (SSSR count). The zero-order chi connectivity index (χ0) is 14.2. The summed E-state index contributed by atoms with van der Waals surface area (Å²) in [5, 5.41) is 3.28. The number of nitrogens with one attached hydrogen (secondary N) is 2. The first-order valence-electron chi connectivity index (χ1n) is 6.55. The summed E-state index contributed by atoms with van der Waals surface area (Å²) in [6.07, 6.45) is 0. The second-order valence-corrected chi connectivity index (χ2v) is 5.70. The molecule has 0 saturated heterocycles. The van der Waals surface area contributed by atoms with E-state index in [-0.39, 0.29) is 0 Å². The minimum Gasteiger partial charge on any atom is -0.454 e. The number of hydrogen-bond acceptors (Lipinski definition) is 4. The van der Waals surface area contributed by atoms with Crippen LogP contribution >= 0.6 is 15.9 Å². The molecule has 1 aliphatic rings. The number of imidazole rings is 1. The van der Waals surface area contributed by atoms with Crippen molar-refractivity contribution < 1.29 is 9.47 Å². The molecule has 106 valence electrons. The summed E-state index contributed by atoms with van der Waals surface area (Å²) in [7, 11) is 0. The fourth-order valence-corrected chi connectivity index (χ4v) is 2.66. The molecule has 0 radical (unpaired) electrons. The van der Waals surface area contributed by atoms with E-state index in [9.17, 15) is 0 Å². The van der Waals surface area contributed by atoms with Crippen LogP contribution < -0.4 is 14.8 Å². The molecule has 21 heavy (non-hydrogen) atoms. The van der Waals surface area contributed by atoms with Gasteiger partial charge in [-0.2, -0.15) is 0 Å². The number of H-pyrrole nitrogens is 1. The van der Waals surface area contributed by atoms with Gasteiger partial charge in [0.1, 0.15) is 0 Å². The number of fused-ring (bicyclic) bond motifs is 2. The Morgan fingerprint density at radius 2 is 2.05 bits per heavy atom. The van der Waals surface area contributed by atoms with Crippen LogP contribution in [0.3, 0.4) is 0 Å². The van der Waals surface area contributed by atoms with Crippen LogP contribution in [-0.4, -0.2) is 16.8 Å². The van der Waals surface area contributed by atoms with Gasteiger partial charge >= 0.3 is 0 Å². The van der Waals surface area contributed by atoms with Gasteiger partial charge in [0.25, 0.3) is 0 Å². The van der Waals surface area contributed by atoms with Crippen LogP contribution in [-0.2, 0) is 6.54 Å². The molecule has 2 heterocycles. The molecular formula is C15H12BrN3O2. The number of hydrogen-bond donors (Lipinski definition) is 2. The highest BCUT2D eigenvalue weighted by Crippen LogP contribution is 2.32. The van der Waals surface area contributed by atoms with Gasteiger partial charge in [-0.05, 0) is 35.9 Å². The molecule has 5 nitrogen and oxygen atoms in total. The molecule has 1 aromatic heterocycles. The minimum atomic E-state index is 0.296. The van der Waals surface area contributed by atoms with E-state index in [0.717, 1.165) is 38.5 Å². The van der Waals surface area contributed by atoms with E-state index < -0.39 is 0 Å². The van der Waals surface area contributed by atoms with Crippen LogP contribution in [0.15, 0.2) is 40.9 Å². The molecule has 0 atom stereocenters. The Morgan fingerprint density at radius 3 is 3.00 bits per heavy atom. The highest BCUT2D eigenvalue weighted by Gasteiger charge is 2.13. The highest BCUT2D eigenvalue weighted by atomic mass is 79.9. The first-order chi connectivity index (χ1) is 10.3. The topological polar surface area (TPSA) is 59.2 Å². The Morgan fingerprint density at radius 1 is 1.14 bits per heavy atom. The Labute approximate surface area is 129 Å². The normalized spacial score (nSPS) is 12.8. The summed E-state index contributed by atoms with van der Waals surface area (Å²) in [5.74, 6) is 2.34. The van der Waals surface area contributed by atoms with Gasteiger partial charge < -0.3 is 19.8 Å². The van der Waals surface area contributed by atoms with Crippen LogP contribution in [0.1, 0.15) is 5.56 Å². The lowest BCUT2D eigenvalue weighted by Gasteiger charge is -2.04. The summed E-state index contributed by atoms with van der Waals surface area (Å²) in [6, 6.07) is 11.9. The second-order valence-electron chi connectivity index (χ2n) is 4.79. The largest absolute Gasteiger partial charge is 0.454 e. The number of rotatable bonds is 3. The molecule has 0 fully saturated rings. The molecule has 2 aromatic carbocycles. The minimum absolute atomic E-state index is 0.296. The number of aromatic amines is 1. The Bertz CT molecular complexity index is 816. The number of nitrogens with zero attached hydrogens (tertiary/aromatic N) is 1. The summed E-state index contributed by atoms with van der Waals surface area (Å²) >= 11 is 3.45. The van der Waals surface area contributed by atoms with Crippen molar-refractivity contribution in [2.24, 2.45) is 0 Å². The van der Waals surface area contributed by atoms with Crippen molar-refractivity contribution >= 4 is 32.9 Å². The van der Waals surface area contributed by atoms with Gasteiger partial charge in [0.2, 0.25) is 12.7 Å². The lowest BCUT2D eigenvalue weighted by molar-refractivity contribution is 0.174. The fourth-order valence-electron chi connectivity index (χ4n) is 2.30. The molecule has 0 spiro atoms. The van der Waals surface area contributed by atoms with Gasteiger partial charge in [-0.25, -0.2) is 4.98 Å². The van der Waals surface area contributed by atoms with E-state index in [4.69, 9.17) is 9.47 Å². The van der Waals surface area contributed by atoms with Gasteiger partial charge in [-0.15, -0.1) is 0 Å². The third-order valence-corrected chi connectivity index (χ3v) is 3.83. The lowest BCUT2D eigenvalue weighted by atomic mass is 10.2. The van der Waals surface area contributed by atoms with Gasteiger partial charge in [0.15, 0.2) is 11.5 Å². The first-order valence-corrected chi connectivity index (χ1v) is 7.35. The van der Waals surface area contributed by atoms with E-state index in [1.807, 2.05) is 36.4 Å². The van der Waals surface area contributed by atoms with Crippen molar-refractivity contribution in [3.8, 4) is 11.5 Å². The summed E-state index contributed by atoms with van der Waals surface area (Å²) in [5.41, 5.74) is 3.05. The van der Waals surface area contributed by atoms with E-state index in [2.05, 4.69) is 31.2 Å². The zero-order valence-electron chi connectivity index (χ0n) is 11.0.